The van der Waals surface area contributed by atoms with E-state index >= 15 is 0 Å². The summed E-state index contributed by atoms with van der Waals surface area (Å²) in [5.74, 6) is -8.53. The Labute approximate surface area is 339 Å². The molecule has 4 bridgehead atoms. The highest BCUT2D eigenvalue weighted by Gasteiger charge is 2.87. The van der Waals surface area contributed by atoms with Crippen LogP contribution in [0.5, 0.6) is 0 Å². The first-order valence-corrected chi connectivity index (χ1v) is 21.2. The van der Waals surface area contributed by atoms with Gasteiger partial charge in [0.05, 0.1) is 41.9 Å². The number of aliphatic hydroxyl groups excluding tert-OH is 2. The van der Waals surface area contributed by atoms with Crippen molar-refractivity contribution in [1.82, 2.24) is 4.90 Å². The van der Waals surface area contributed by atoms with Gasteiger partial charge in [-0.1, -0.05) is 27.7 Å². The zero-order valence-electron chi connectivity index (χ0n) is 35.3. The van der Waals surface area contributed by atoms with E-state index in [1.165, 1.54) is 6.92 Å². The number of aliphatic hydroxyl groups is 6. The number of esters is 4. The van der Waals surface area contributed by atoms with E-state index < -0.39 is 136 Å². The highest BCUT2D eigenvalue weighted by molar-refractivity contribution is 5.79. The lowest BCUT2D eigenvalue weighted by molar-refractivity contribution is -0.387. The molecule has 20 atom stereocenters. The van der Waals surface area contributed by atoms with Gasteiger partial charge in [-0.3, -0.25) is 19.3 Å². The van der Waals surface area contributed by atoms with Gasteiger partial charge in [-0.2, -0.15) is 0 Å². The normalized spacial score (nSPS) is 50.0. The third-order valence-electron chi connectivity index (χ3n) is 16.5. The molecule has 20 unspecified atom stereocenters. The zero-order valence-corrected chi connectivity index (χ0v) is 35.3. The molecule has 3 heterocycles. The third kappa shape index (κ3) is 5.96. The lowest BCUT2D eigenvalue weighted by atomic mass is 9.42. The van der Waals surface area contributed by atoms with E-state index in [9.17, 15) is 49.8 Å². The Morgan fingerprint density at radius 1 is 0.931 bits per heavy atom. The first-order chi connectivity index (χ1) is 26.8. The Morgan fingerprint density at radius 3 is 2.14 bits per heavy atom. The highest BCUT2D eigenvalue weighted by Crippen LogP contribution is 2.75. The minimum absolute atomic E-state index is 0.0280. The van der Waals surface area contributed by atoms with Gasteiger partial charge in [0, 0.05) is 50.2 Å². The molecular weight excluding hydrogens is 758 g/mol. The van der Waals surface area contributed by atoms with Crippen LogP contribution in [0.15, 0.2) is 0 Å². The molecule has 16 nitrogen and oxygen atoms in total. The van der Waals surface area contributed by atoms with Gasteiger partial charge in [0.25, 0.3) is 0 Å². The molecule has 4 aliphatic carbocycles. The van der Waals surface area contributed by atoms with Crippen molar-refractivity contribution in [2.24, 2.45) is 46.8 Å². The van der Waals surface area contributed by atoms with Crippen LogP contribution in [0, 0.1) is 46.8 Å². The fourth-order valence-electron chi connectivity index (χ4n) is 13.4. The van der Waals surface area contributed by atoms with Crippen LogP contribution in [0.3, 0.4) is 0 Å². The molecule has 0 aromatic rings. The number of ether oxygens (including phenoxy) is 5. The Kier molecular flexibility index (Phi) is 10.8. The number of carbonyl (C=O) groups excluding carboxylic acids is 4. The van der Waals surface area contributed by atoms with Crippen molar-refractivity contribution in [1.29, 1.82) is 0 Å². The van der Waals surface area contributed by atoms with E-state index in [2.05, 4.69) is 11.8 Å². The molecule has 4 saturated carbocycles. The number of rotatable bonds is 8. The maximum Gasteiger partial charge on any atom is 0.340 e. The fraction of sp³-hybridized carbons (Fsp3) is 0.905. The minimum Gasteiger partial charge on any atom is -0.458 e. The van der Waals surface area contributed by atoms with Crippen molar-refractivity contribution in [2.45, 2.75) is 172 Å². The van der Waals surface area contributed by atoms with Crippen molar-refractivity contribution >= 4 is 23.9 Å². The SMILES string of the molecule is CCC(C)C(=O)OC1C(O)C2C(CN3CC(C)CCC3C2(C)O)C2CC34OCC5(O)C(OC(=O)C(C)(O)C(C)O)CCC3(C)C5C(OC(C)=O)C(OC(C)=O)C4C21O. The molecule has 6 N–H and O–H groups in total. The molecule has 7 rings (SSSR count). The Hall–Kier alpha value is -2.44. The topological polar surface area (TPSA) is 239 Å². The quantitative estimate of drug-likeness (QED) is 0.145. The number of hydrogen-bond acceptors (Lipinski definition) is 16. The lowest BCUT2D eigenvalue weighted by Gasteiger charge is -2.71. The zero-order chi connectivity index (χ0) is 42.9. The van der Waals surface area contributed by atoms with Gasteiger partial charge in [0.1, 0.15) is 29.5 Å². The first kappa shape index (κ1) is 43.6. The van der Waals surface area contributed by atoms with E-state index in [0.717, 1.165) is 27.2 Å². The predicted octanol–water partition coefficient (Wildman–Crippen LogP) is 0.621. The van der Waals surface area contributed by atoms with E-state index in [0.29, 0.717) is 31.8 Å². The maximum absolute atomic E-state index is 13.9. The van der Waals surface area contributed by atoms with E-state index in [1.807, 2.05) is 13.8 Å². The number of nitrogens with zero attached hydrogens (tertiary/aromatic N) is 1. The predicted molar refractivity (Wildman–Crippen MR) is 201 cm³/mol. The first-order valence-electron chi connectivity index (χ1n) is 21.2. The summed E-state index contributed by atoms with van der Waals surface area (Å²) in [5.41, 5.74) is -10.9. The molecule has 0 amide bonds. The summed E-state index contributed by atoms with van der Waals surface area (Å²) in [6.45, 7) is 14.4. The number of fused-ring (bicyclic) bond motifs is 5. The van der Waals surface area contributed by atoms with Crippen molar-refractivity contribution in [3.8, 4) is 0 Å². The van der Waals surface area contributed by atoms with E-state index in [4.69, 9.17) is 23.7 Å². The van der Waals surface area contributed by atoms with Crippen LogP contribution in [0.2, 0.25) is 0 Å². The number of carbonyl (C=O) groups is 4. The van der Waals surface area contributed by atoms with Crippen LogP contribution in [0.4, 0.5) is 0 Å². The van der Waals surface area contributed by atoms with Gasteiger partial charge in [-0.25, -0.2) is 4.79 Å². The second kappa shape index (κ2) is 14.3. The lowest BCUT2D eigenvalue weighted by Crippen LogP contribution is -2.84. The largest absolute Gasteiger partial charge is 0.458 e. The van der Waals surface area contributed by atoms with Crippen molar-refractivity contribution in [2.75, 3.05) is 19.7 Å². The Balaban J connectivity index is 1.43. The van der Waals surface area contributed by atoms with Crippen molar-refractivity contribution in [3.05, 3.63) is 0 Å². The average molecular weight is 824 g/mol. The summed E-state index contributed by atoms with van der Waals surface area (Å²) < 4.78 is 31.2. The molecule has 3 saturated heterocycles. The molecule has 0 aromatic carbocycles. The molecule has 0 radical (unpaired) electrons. The van der Waals surface area contributed by atoms with Gasteiger partial charge < -0.3 is 54.3 Å². The molecule has 328 valence electrons. The summed E-state index contributed by atoms with van der Waals surface area (Å²) in [6.07, 6.45) is -6.93. The summed E-state index contributed by atoms with van der Waals surface area (Å²) in [5, 5.41) is 73.1. The summed E-state index contributed by atoms with van der Waals surface area (Å²) in [4.78, 5) is 55.8. The van der Waals surface area contributed by atoms with Gasteiger partial charge in [0.15, 0.2) is 11.7 Å². The van der Waals surface area contributed by atoms with Gasteiger partial charge in [-0.05, 0) is 77.0 Å². The average Bonchev–Trinajstić information content (AvgIpc) is 3.40. The van der Waals surface area contributed by atoms with Crippen molar-refractivity contribution < 1.29 is 73.5 Å². The summed E-state index contributed by atoms with van der Waals surface area (Å²) in [6, 6.07) is -0.309. The van der Waals surface area contributed by atoms with Gasteiger partial charge in [0.2, 0.25) is 0 Å². The van der Waals surface area contributed by atoms with Gasteiger partial charge >= 0.3 is 23.9 Å². The van der Waals surface area contributed by atoms with Crippen molar-refractivity contribution in [3.63, 3.8) is 0 Å². The maximum atomic E-state index is 13.9. The van der Waals surface area contributed by atoms with E-state index in [1.54, 1.807) is 13.8 Å². The molecule has 7 aliphatic rings. The van der Waals surface area contributed by atoms with Crippen LogP contribution in [0.1, 0.15) is 101 Å². The van der Waals surface area contributed by atoms with Crippen LogP contribution in [-0.2, 0) is 42.9 Å². The summed E-state index contributed by atoms with van der Waals surface area (Å²) in [7, 11) is 0. The fourth-order valence-corrected chi connectivity index (χ4v) is 13.4. The minimum atomic E-state index is -2.34. The van der Waals surface area contributed by atoms with Gasteiger partial charge in [-0.15, -0.1) is 0 Å². The van der Waals surface area contributed by atoms with Crippen LogP contribution >= 0.6 is 0 Å². The molecule has 3 aliphatic heterocycles. The second-order valence-corrected chi connectivity index (χ2v) is 19.9. The summed E-state index contributed by atoms with van der Waals surface area (Å²) >= 11 is 0. The molecule has 58 heavy (non-hydrogen) atoms. The molecule has 1 spiro atoms. The van der Waals surface area contributed by atoms with E-state index in [-0.39, 0.29) is 25.3 Å². The molecular formula is C42H65NO15. The van der Waals surface area contributed by atoms with Crippen LogP contribution in [-0.4, -0.2) is 150 Å². The standard InChI is InChI=1S/C42H65NO15/c1-10-20(3)35(48)58-34-29(47)28-24(17-43-16-19(2)11-12-26(43)39(28,9)51)25-15-41-33(42(25,34)53)31(56-23(6)46)30(55-22(5)45)32-37(41,7)14-13-27(40(32,52)18-54-41)57-36(49)38(8,50)21(4)44/h19-21,24-34,44,47,50-53H,10-18H2,1-9H3. The molecule has 16 heteroatoms. The highest BCUT2D eigenvalue weighted by atomic mass is 16.6. The smallest absolute Gasteiger partial charge is 0.340 e. The second-order valence-electron chi connectivity index (χ2n) is 19.9. The van der Waals surface area contributed by atoms with Crippen LogP contribution < -0.4 is 0 Å². The molecule has 0 aromatic heterocycles. The monoisotopic (exact) mass is 823 g/mol. The van der Waals surface area contributed by atoms with Crippen LogP contribution in [0.25, 0.3) is 0 Å². The molecule has 7 fully saturated rings. The third-order valence-corrected chi connectivity index (χ3v) is 16.5. The number of hydrogen-bond donors (Lipinski definition) is 6. The Morgan fingerprint density at radius 2 is 1.55 bits per heavy atom. The Bertz CT molecular complexity index is 1670. The number of piperidine rings is 2.